The molecule has 0 heterocycles. The van der Waals surface area contributed by atoms with E-state index in [0.29, 0.717) is 6.54 Å². The van der Waals surface area contributed by atoms with E-state index >= 15 is 0 Å². The second-order valence-electron chi connectivity index (χ2n) is 3.93. The summed E-state index contributed by atoms with van der Waals surface area (Å²) < 4.78 is 6.47. The Kier molecular flexibility index (Phi) is 6.55. The normalized spacial score (nSPS) is 10.6. The van der Waals surface area contributed by atoms with Gasteiger partial charge in [-0.25, -0.2) is 0 Å². The third-order valence-corrected chi connectivity index (χ3v) is 3.14. The summed E-state index contributed by atoms with van der Waals surface area (Å²) >= 11 is 3.51. The van der Waals surface area contributed by atoms with E-state index in [-0.39, 0.29) is 0 Å². The summed E-state index contributed by atoms with van der Waals surface area (Å²) in [5.74, 6) is 0. The number of hydrogen-bond acceptors (Lipinski definition) is 3. The largest absolute Gasteiger partial charge is 0.380 e. The highest BCUT2D eigenvalue weighted by molar-refractivity contribution is 9.10. The minimum absolute atomic E-state index is 0.675. The van der Waals surface area contributed by atoms with Crippen LogP contribution in [0.5, 0.6) is 0 Å². The molecule has 0 radical (unpaired) electrons. The molecule has 0 aliphatic heterocycles. The van der Waals surface area contributed by atoms with E-state index in [9.17, 15) is 0 Å². The average Bonchev–Trinajstić information content (AvgIpc) is 2.32. The second-order valence-corrected chi connectivity index (χ2v) is 4.85. The van der Waals surface area contributed by atoms with Gasteiger partial charge in [0.1, 0.15) is 0 Å². The van der Waals surface area contributed by atoms with Crippen LogP contribution >= 0.6 is 15.9 Å². The molecule has 1 aromatic carbocycles. The zero-order valence-electron chi connectivity index (χ0n) is 10.6. The first-order valence-electron chi connectivity index (χ1n) is 5.96. The summed E-state index contributed by atoms with van der Waals surface area (Å²) in [6, 6.07) is 6.32. The summed E-state index contributed by atoms with van der Waals surface area (Å²) in [6.45, 7) is 5.10. The number of anilines is 1. The van der Waals surface area contributed by atoms with E-state index in [0.717, 1.165) is 30.7 Å². The van der Waals surface area contributed by atoms with Crippen molar-refractivity contribution in [2.75, 3.05) is 38.3 Å². The number of hydrogen-bond donors (Lipinski definition) is 1. The Morgan fingerprint density at radius 3 is 2.82 bits per heavy atom. The molecule has 4 heteroatoms. The molecule has 0 aliphatic rings. The van der Waals surface area contributed by atoms with Gasteiger partial charge in [-0.15, -0.1) is 0 Å². The molecule has 0 aromatic heterocycles. The van der Waals surface area contributed by atoms with Crippen LogP contribution in [-0.4, -0.2) is 33.4 Å². The highest BCUT2D eigenvalue weighted by Gasteiger charge is 2.07. The quantitative estimate of drug-likeness (QED) is 0.786. The summed E-state index contributed by atoms with van der Waals surface area (Å²) in [6.07, 6.45) is 0.904. The number of rotatable bonds is 7. The first kappa shape index (κ1) is 14.5. The Hall–Kier alpha value is -0.580. The van der Waals surface area contributed by atoms with Crippen LogP contribution in [0, 0.1) is 0 Å². The fourth-order valence-electron chi connectivity index (χ4n) is 1.73. The Balaban J connectivity index is 2.74. The lowest BCUT2D eigenvalue weighted by Crippen LogP contribution is -2.24. The lowest BCUT2D eigenvalue weighted by atomic mass is 10.1. The number of nitrogens with two attached hydrogens (primary N) is 1. The van der Waals surface area contributed by atoms with Gasteiger partial charge < -0.3 is 15.4 Å². The van der Waals surface area contributed by atoms with Crippen LogP contribution in [0.4, 0.5) is 5.69 Å². The van der Waals surface area contributed by atoms with E-state index in [4.69, 9.17) is 10.5 Å². The zero-order valence-corrected chi connectivity index (χ0v) is 12.2. The molecule has 0 aliphatic carbocycles. The van der Waals surface area contributed by atoms with Gasteiger partial charge in [0.05, 0.1) is 6.61 Å². The van der Waals surface area contributed by atoms with Crippen LogP contribution in [0.25, 0.3) is 0 Å². The van der Waals surface area contributed by atoms with Gasteiger partial charge in [-0.2, -0.15) is 0 Å². The second kappa shape index (κ2) is 7.69. The van der Waals surface area contributed by atoms with Crippen molar-refractivity contribution in [2.45, 2.75) is 13.3 Å². The fraction of sp³-hybridized carbons (Fsp3) is 0.538. The maximum Gasteiger partial charge on any atom is 0.0641 e. The van der Waals surface area contributed by atoms with Crippen molar-refractivity contribution in [1.29, 1.82) is 0 Å². The third kappa shape index (κ3) is 4.66. The highest BCUT2D eigenvalue weighted by atomic mass is 79.9. The predicted octanol–water partition coefficient (Wildman–Crippen LogP) is 2.42. The average molecular weight is 301 g/mol. The minimum Gasteiger partial charge on any atom is -0.380 e. The Morgan fingerprint density at radius 1 is 1.41 bits per heavy atom. The number of nitrogens with zero attached hydrogens (tertiary/aromatic N) is 1. The zero-order chi connectivity index (χ0) is 12.7. The number of ether oxygens (including phenoxy) is 1. The lowest BCUT2D eigenvalue weighted by Gasteiger charge is -2.22. The molecule has 96 valence electrons. The van der Waals surface area contributed by atoms with Gasteiger partial charge in [-0.05, 0) is 37.6 Å². The Morgan fingerprint density at radius 2 is 2.18 bits per heavy atom. The molecule has 0 amide bonds. The molecule has 0 bridgehead atoms. The SMILES string of the molecule is CCOCCN(C)c1cc(Br)ccc1CCN. The molecule has 3 nitrogen and oxygen atoms in total. The fourth-order valence-corrected chi connectivity index (χ4v) is 2.07. The molecule has 0 saturated carbocycles. The van der Waals surface area contributed by atoms with Crippen molar-refractivity contribution in [1.82, 2.24) is 0 Å². The minimum atomic E-state index is 0.675. The summed E-state index contributed by atoms with van der Waals surface area (Å²) in [7, 11) is 2.08. The van der Waals surface area contributed by atoms with Crippen molar-refractivity contribution in [2.24, 2.45) is 5.73 Å². The van der Waals surface area contributed by atoms with Gasteiger partial charge >= 0.3 is 0 Å². The maximum absolute atomic E-state index is 5.63. The molecular formula is C13H21BrN2O. The maximum atomic E-state index is 5.63. The monoisotopic (exact) mass is 300 g/mol. The molecule has 1 aromatic rings. The van der Waals surface area contributed by atoms with Gasteiger partial charge in [-0.1, -0.05) is 22.0 Å². The first-order chi connectivity index (χ1) is 8.19. The number of benzene rings is 1. The standard InChI is InChI=1S/C13H21BrN2O/c1-3-17-9-8-16(2)13-10-12(14)5-4-11(13)6-7-15/h4-5,10H,3,6-9,15H2,1-2H3. The van der Waals surface area contributed by atoms with Crippen LogP contribution in [0.2, 0.25) is 0 Å². The van der Waals surface area contributed by atoms with E-state index in [2.05, 4.69) is 46.1 Å². The smallest absolute Gasteiger partial charge is 0.0641 e. The highest BCUT2D eigenvalue weighted by Crippen LogP contribution is 2.24. The first-order valence-corrected chi connectivity index (χ1v) is 6.75. The summed E-state index contributed by atoms with van der Waals surface area (Å²) in [4.78, 5) is 2.21. The molecule has 0 saturated heterocycles. The van der Waals surface area contributed by atoms with Crippen LogP contribution in [0.1, 0.15) is 12.5 Å². The van der Waals surface area contributed by atoms with Gasteiger partial charge in [-0.3, -0.25) is 0 Å². The van der Waals surface area contributed by atoms with E-state index < -0.39 is 0 Å². The van der Waals surface area contributed by atoms with Crippen molar-refractivity contribution in [3.8, 4) is 0 Å². The van der Waals surface area contributed by atoms with Crippen molar-refractivity contribution in [3.63, 3.8) is 0 Å². The van der Waals surface area contributed by atoms with E-state index in [1.54, 1.807) is 0 Å². The van der Waals surface area contributed by atoms with E-state index in [1.165, 1.54) is 11.3 Å². The Bertz CT molecular complexity index is 344. The van der Waals surface area contributed by atoms with Crippen molar-refractivity contribution < 1.29 is 4.74 Å². The summed E-state index contributed by atoms with van der Waals surface area (Å²) in [5.41, 5.74) is 8.15. The van der Waals surface area contributed by atoms with Crippen LogP contribution in [0.3, 0.4) is 0 Å². The Labute approximate surface area is 112 Å². The van der Waals surface area contributed by atoms with Crippen molar-refractivity contribution >= 4 is 21.6 Å². The van der Waals surface area contributed by atoms with Crippen LogP contribution in [0.15, 0.2) is 22.7 Å². The molecule has 1 rings (SSSR count). The molecular weight excluding hydrogens is 280 g/mol. The lowest BCUT2D eigenvalue weighted by molar-refractivity contribution is 0.154. The van der Waals surface area contributed by atoms with Gasteiger partial charge in [0.25, 0.3) is 0 Å². The molecule has 2 N–H and O–H groups in total. The predicted molar refractivity (Wildman–Crippen MR) is 76.7 cm³/mol. The molecule has 17 heavy (non-hydrogen) atoms. The molecule has 0 unspecified atom stereocenters. The van der Waals surface area contributed by atoms with Crippen molar-refractivity contribution in [3.05, 3.63) is 28.2 Å². The van der Waals surface area contributed by atoms with Crippen LogP contribution in [-0.2, 0) is 11.2 Å². The van der Waals surface area contributed by atoms with Crippen LogP contribution < -0.4 is 10.6 Å². The molecule has 0 atom stereocenters. The van der Waals surface area contributed by atoms with Gasteiger partial charge in [0.2, 0.25) is 0 Å². The van der Waals surface area contributed by atoms with Gasteiger partial charge in [0.15, 0.2) is 0 Å². The third-order valence-electron chi connectivity index (χ3n) is 2.65. The number of likely N-dealkylation sites (N-methyl/N-ethyl adjacent to an activating group) is 1. The molecule has 0 spiro atoms. The van der Waals surface area contributed by atoms with Gasteiger partial charge in [0, 0.05) is 30.4 Å². The number of halogens is 1. The topological polar surface area (TPSA) is 38.5 Å². The van der Waals surface area contributed by atoms with E-state index in [1.807, 2.05) is 6.92 Å². The molecule has 0 fully saturated rings. The summed E-state index contributed by atoms with van der Waals surface area (Å²) in [5, 5.41) is 0.